The summed E-state index contributed by atoms with van der Waals surface area (Å²) < 4.78 is 39.1. The summed E-state index contributed by atoms with van der Waals surface area (Å²) in [5.41, 5.74) is 5.01. The Morgan fingerprint density at radius 1 is 1.25 bits per heavy atom. The van der Waals surface area contributed by atoms with E-state index in [9.17, 15) is 13.2 Å². The number of rotatable bonds is 3. The van der Waals surface area contributed by atoms with Gasteiger partial charge < -0.3 is 10.8 Å². The van der Waals surface area contributed by atoms with Crippen molar-refractivity contribution in [3.8, 4) is 0 Å². The summed E-state index contributed by atoms with van der Waals surface area (Å²) in [7, 11) is 0. The maximum absolute atomic E-state index is 13.4. The molecule has 2 unspecified atom stereocenters. The Labute approximate surface area is 90.9 Å². The number of nitrogens with two attached hydrogens (primary N) is 1. The molecular formula is C11H12F3NO. The van der Waals surface area contributed by atoms with E-state index < -0.39 is 22.9 Å². The molecule has 1 saturated carbocycles. The van der Waals surface area contributed by atoms with Gasteiger partial charge >= 0.3 is 0 Å². The van der Waals surface area contributed by atoms with Crippen LogP contribution in [-0.4, -0.2) is 18.3 Å². The Hall–Kier alpha value is -1.07. The van der Waals surface area contributed by atoms with Crippen molar-refractivity contribution in [3.05, 3.63) is 35.1 Å². The van der Waals surface area contributed by atoms with Crippen LogP contribution in [0.4, 0.5) is 13.2 Å². The SMILES string of the molecule is NCC1(CO)CC1c1cc(F)c(F)cc1F. The second kappa shape index (κ2) is 3.75. The van der Waals surface area contributed by atoms with E-state index in [0.717, 1.165) is 6.07 Å². The second-order valence-electron chi connectivity index (χ2n) is 4.27. The summed E-state index contributed by atoms with van der Waals surface area (Å²) in [6, 6.07) is 1.38. The van der Waals surface area contributed by atoms with Crippen LogP contribution in [0.15, 0.2) is 12.1 Å². The highest BCUT2D eigenvalue weighted by Crippen LogP contribution is 2.58. The minimum absolute atomic E-state index is 0.0957. The molecular weight excluding hydrogens is 219 g/mol. The van der Waals surface area contributed by atoms with Crippen LogP contribution in [0.1, 0.15) is 17.9 Å². The van der Waals surface area contributed by atoms with Gasteiger partial charge in [0.15, 0.2) is 11.6 Å². The minimum Gasteiger partial charge on any atom is -0.396 e. The Kier molecular flexibility index (Phi) is 2.67. The summed E-state index contributed by atoms with van der Waals surface area (Å²) in [6.07, 6.45) is 0.502. The lowest BCUT2D eigenvalue weighted by molar-refractivity contribution is 0.211. The molecule has 1 fully saturated rings. The topological polar surface area (TPSA) is 46.2 Å². The molecule has 5 heteroatoms. The van der Waals surface area contributed by atoms with Crippen LogP contribution in [0.25, 0.3) is 0 Å². The average molecular weight is 231 g/mol. The van der Waals surface area contributed by atoms with Crippen molar-refractivity contribution in [1.82, 2.24) is 0 Å². The van der Waals surface area contributed by atoms with Gasteiger partial charge in [0.25, 0.3) is 0 Å². The fraction of sp³-hybridized carbons (Fsp3) is 0.455. The van der Waals surface area contributed by atoms with Gasteiger partial charge in [-0.15, -0.1) is 0 Å². The lowest BCUT2D eigenvalue weighted by Crippen LogP contribution is -2.21. The van der Waals surface area contributed by atoms with E-state index in [0.29, 0.717) is 12.5 Å². The molecule has 2 atom stereocenters. The Bertz CT molecular complexity index is 418. The van der Waals surface area contributed by atoms with Crippen molar-refractivity contribution in [2.75, 3.05) is 13.2 Å². The Morgan fingerprint density at radius 3 is 2.38 bits per heavy atom. The number of aliphatic hydroxyl groups is 1. The van der Waals surface area contributed by atoms with Gasteiger partial charge in [0.2, 0.25) is 0 Å². The lowest BCUT2D eigenvalue weighted by Gasteiger charge is -2.11. The summed E-state index contributed by atoms with van der Waals surface area (Å²) >= 11 is 0. The van der Waals surface area contributed by atoms with E-state index in [-0.39, 0.29) is 24.6 Å². The third kappa shape index (κ3) is 1.60. The standard InChI is InChI=1S/C11H12F3NO/c12-8-2-10(14)9(13)1-6(8)7-3-11(7,4-15)5-16/h1-2,7,16H,3-5,15H2. The van der Waals surface area contributed by atoms with Crippen LogP contribution in [-0.2, 0) is 0 Å². The van der Waals surface area contributed by atoms with Gasteiger partial charge in [-0.25, -0.2) is 13.2 Å². The summed E-state index contributed by atoms with van der Waals surface area (Å²) in [6.45, 7) is 0.0270. The third-order valence-corrected chi connectivity index (χ3v) is 3.33. The molecule has 2 nitrogen and oxygen atoms in total. The zero-order chi connectivity index (χ0) is 11.9. The highest BCUT2D eigenvalue weighted by atomic mass is 19.2. The molecule has 0 aliphatic heterocycles. The number of aliphatic hydroxyl groups excluding tert-OH is 1. The molecule has 1 aliphatic carbocycles. The zero-order valence-corrected chi connectivity index (χ0v) is 8.51. The van der Waals surface area contributed by atoms with E-state index >= 15 is 0 Å². The van der Waals surface area contributed by atoms with Crippen molar-refractivity contribution < 1.29 is 18.3 Å². The third-order valence-electron chi connectivity index (χ3n) is 3.33. The number of hydrogen-bond acceptors (Lipinski definition) is 2. The molecule has 1 aromatic rings. The van der Waals surface area contributed by atoms with Crippen LogP contribution in [0, 0.1) is 22.9 Å². The molecule has 88 valence electrons. The molecule has 0 amide bonds. The fourth-order valence-electron chi connectivity index (χ4n) is 2.06. The molecule has 1 aliphatic rings. The van der Waals surface area contributed by atoms with Crippen molar-refractivity contribution in [3.63, 3.8) is 0 Å². The van der Waals surface area contributed by atoms with Gasteiger partial charge in [0.1, 0.15) is 5.82 Å². The molecule has 0 aromatic heterocycles. The van der Waals surface area contributed by atoms with Crippen LogP contribution < -0.4 is 5.73 Å². The van der Waals surface area contributed by atoms with Crippen molar-refractivity contribution in [1.29, 1.82) is 0 Å². The minimum atomic E-state index is -1.20. The molecule has 0 heterocycles. The molecule has 3 N–H and O–H groups in total. The normalized spacial score (nSPS) is 28.2. The van der Waals surface area contributed by atoms with Gasteiger partial charge in [-0.1, -0.05) is 0 Å². The van der Waals surface area contributed by atoms with Crippen molar-refractivity contribution in [2.24, 2.45) is 11.1 Å². The predicted molar refractivity (Wildman–Crippen MR) is 52.2 cm³/mol. The predicted octanol–water partition coefficient (Wildman–Crippen LogP) is 1.53. The molecule has 0 radical (unpaired) electrons. The summed E-state index contributed by atoms with van der Waals surface area (Å²) in [5.74, 6) is -3.39. The van der Waals surface area contributed by atoms with Crippen LogP contribution >= 0.6 is 0 Å². The summed E-state index contributed by atoms with van der Waals surface area (Å²) in [5, 5.41) is 9.13. The molecule has 0 saturated heterocycles. The van der Waals surface area contributed by atoms with E-state index in [4.69, 9.17) is 10.8 Å². The first-order valence-corrected chi connectivity index (χ1v) is 4.99. The average Bonchev–Trinajstić information content (AvgIpc) is 2.98. The largest absolute Gasteiger partial charge is 0.396 e. The van der Waals surface area contributed by atoms with E-state index in [2.05, 4.69) is 0 Å². The van der Waals surface area contributed by atoms with E-state index in [1.54, 1.807) is 0 Å². The molecule has 2 rings (SSSR count). The molecule has 1 aromatic carbocycles. The van der Waals surface area contributed by atoms with Crippen molar-refractivity contribution in [2.45, 2.75) is 12.3 Å². The van der Waals surface area contributed by atoms with Gasteiger partial charge in [0, 0.05) is 18.0 Å². The fourth-order valence-corrected chi connectivity index (χ4v) is 2.06. The molecule has 0 spiro atoms. The Balaban J connectivity index is 2.34. The number of hydrogen-bond donors (Lipinski definition) is 2. The number of benzene rings is 1. The van der Waals surface area contributed by atoms with Gasteiger partial charge in [-0.05, 0) is 24.0 Å². The first kappa shape index (κ1) is 11.4. The van der Waals surface area contributed by atoms with Gasteiger partial charge in [0.05, 0.1) is 6.61 Å². The highest BCUT2D eigenvalue weighted by molar-refractivity contribution is 5.32. The smallest absolute Gasteiger partial charge is 0.161 e. The van der Waals surface area contributed by atoms with Gasteiger partial charge in [-0.2, -0.15) is 0 Å². The highest BCUT2D eigenvalue weighted by Gasteiger charge is 2.54. The monoisotopic (exact) mass is 231 g/mol. The van der Waals surface area contributed by atoms with Gasteiger partial charge in [-0.3, -0.25) is 0 Å². The maximum Gasteiger partial charge on any atom is 0.161 e. The molecule has 0 bridgehead atoms. The molecule has 16 heavy (non-hydrogen) atoms. The maximum atomic E-state index is 13.4. The quantitative estimate of drug-likeness (QED) is 0.775. The first-order valence-electron chi connectivity index (χ1n) is 4.99. The lowest BCUT2D eigenvalue weighted by atomic mass is 9.99. The van der Waals surface area contributed by atoms with E-state index in [1.165, 1.54) is 0 Å². The van der Waals surface area contributed by atoms with Crippen LogP contribution in [0.5, 0.6) is 0 Å². The Morgan fingerprint density at radius 2 is 1.88 bits per heavy atom. The van der Waals surface area contributed by atoms with Crippen molar-refractivity contribution >= 4 is 0 Å². The van der Waals surface area contributed by atoms with E-state index in [1.807, 2.05) is 0 Å². The zero-order valence-electron chi connectivity index (χ0n) is 8.51. The van der Waals surface area contributed by atoms with Crippen LogP contribution in [0.2, 0.25) is 0 Å². The summed E-state index contributed by atoms with van der Waals surface area (Å²) in [4.78, 5) is 0. The number of halogens is 3. The first-order chi connectivity index (χ1) is 7.54. The second-order valence-corrected chi connectivity index (χ2v) is 4.27. The van der Waals surface area contributed by atoms with Crippen LogP contribution in [0.3, 0.4) is 0 Å².